The predicted molar refractivity (Wildman–Crippen MR) is 109 cm³/mol. The van der Waals surface area contributed by atoms with Crippen molar-refractivity contribution in [2.75, 3.05) is 26.2 Å². The highest BCUT2D eigenvalue weighted by Gasteiger charge is 2.27. The monoisotopic (exact) mass is 390 g/mol. The van der Waals surface area contributed by atoms with Crippen LogP contribution in [0.5, 0.6) is 0 Å². The van der Waals surface area contributed by atoms with Gasteiger partial charge in [-0.1, -0.05) is 62.8 Å². The summed E-state index contributed by atoms with van der Waals surface area (Å²) in [6, 6.07) is 7.17. The molecule has 148 valence electrons. The summed E-state index contributed by atoms with van der Waals surface area (Å²) in [6.07, 6.45) is 7.97. The fraction of sp³-hybridized carbons (Fsp3) is 0.636. The molecule has 1 heterocycles. The van der Waals surface area contributed by atoms with Gasteiger partial charge >= 0.3 is 0 Å². The smallest absolute Gasteiger partial charge is 0.255 e. The summed E-state index contributed by atoms with van der Waals surface area (Å²) in [5.74, 6) is 1.38. The fourth-order valence-electron chi connectivity index (χ4n) is 4.45. The zero-order chi connectivity index (χ0) is 19.2. The minimum atomic E-state index is -0.0366. The van der Waals surface area contributed by atoms with E-state index in [1.807, 2.05) is 21.9 Å². The molecule has 1 aliphatic heterocycles. The van der Waals surface area contributed by atoms with Crippen LogP contribution < -0.4 is 0 Å². The van der Waals surface area contributed by atoms with Gasteiger partial charge in [-0.25, -0.2) is 0 Å². The number of rotatable bonds is 4. The van der Waals surface area contributed by atoms with E-state index in [2.05, 4.69) is 6.92 Å². The van der Waals surface area contributed by atoms with Crippen molar-refractivity contribution in [1.29, 1.82) is 0 Å². The van der Waals surface area contributed by atoms with Gasteiger partial charge in [-0.2, -0.15) is 0 Å². The molecule has 3 rings (SSSR count). The summed E-state index contributed by atoms with van der Waals surface area (Å²) in [5.41, 5.74) is 0.546. The lowest BCUT2D eigenvalue weighted by Gasteiger charge is -2.29. The van der Waals surface area contributed by atoms with Gasteiger partial charge in [0.1, 0.15) is 0 Å². The summed E-state index contributed by atoms with van der Waals surface area (Å²) >= 11 is 6.18. The molecule has 2 aliphatic rings. The highest BCUT2D eigenvalue weighted by molar-refractivity contribution is 6.33. The number of hydrogen-bond donors (Lipinski definition) is 0. The number of benzene rings is 1. The topological polar surface area (TPSA) is 40.6 Å². The van der Waals surface area contributed by atoms with E-state index < -0.39 is 0 Å². The van der Waals surface area contributed by atoms with Gasteiger partial charge in [0.25, 0.3) is 5.91 Å². The third kappa shape index (κ3) is 5.25. The van der Waals surface area contributed by atoms with Crippen LogP contribution in [-0.4, -0.2) is 47.8 Å². The molecule has 0 N–H and O–H groups in total. The van der Waals surface area contributed by atoms with Crippen molar-refractivity contribution in [1.82, 2.24) is 9.80 Å². The van der Waals surface area contributed by atoms with E-state index in [4.69, 9.17) is 11.6 Å². The number of hydrogen-bond acceptors (Lipinski definition) is 2. The van der Waals surface area contributed by atoms with E-state index in [9.17, 15) is 9.59 Å². The first-order chi connectivity index (χ1) is 13.1. The lowest BCUT2D eigenvalue weighted by Crippen LogP contribution is -2.38. The molecule has 5 heteroatoms. The molecular formula is C22H31ClN2O2. The van der Waals surface area contributed by atoms with Gasteiger partial charge in [-0.05, 0) is 30.4 Å². The number of nitrogens with zero attached hydrogens (tertiary/aromatic N) is 2. The molecule has 0 bridgehead atoms. The molecule has 1 aromatic carbocycles. The third-order valence-electron chi connectivity index (χ3n) is 6.19. The van der Waals surface area contributed by atoms with Crippen LogP contribution in [0, 0.1) is 11.8 Å². The Kier molecular flexibility index (Phi) is 7.17. The molecule has 2 fully saturated rings. The summed E-state index contributed by atoms with van der Waals surface area (Å²) in [7, 11) is 0. The number of halogens is 1. The van der Waals surface area contributed by atoms with E-state index in [0.29, 0.717) is 48.5 Å². The predicted octanol–water partition coefficient (Wildman–Crippen LogP) is 4.62. The molecule has 1 saturated carbocycles. The summed E-state index contributed by atoms with van der Waals surface area (Å²) < 4.78 is 0. The van der Waals surface area contributed by atoms with Crippen LogP contribution in [0.1, 0.15) is 62.2 Å². The Morgan fingerprint density at radius 1 is 1.00 bits per heavy atom. The largest absolute Gasteiger partial charge is 0.341 e. The van der Waals surface area contributed by atoms with Crippen LogP contribution in [0.15, 0.2) is 24.3 Å². The van der Waals surface area contributed by atoms with Crippen LogP contribution in [0.3, 0.4) is 0 Å². The molecule has 27 heavy (non-hydrogen) atoms. The average molecular weight is 391 g/mol. The van der Waals surface area contributed by atoms with Gasteiger partial charge in [-0.3, -0.25) is 9.59 Å². The Labute approximate surface area is 167 Å². The first kappa shape index (κ1) is 20.2. The molecule has 1 aromatic rings. The van der Waals surface area contributed by atoms with E-state index in [1.165, 1.54) is 32.1 Å². The van der Waals surface area contributed by atoms with E-state index in [-0.39, 0.29) is 11.8 Å². The Morgan fingerprint density at radius 3 is 2.41 bits per heavy atom. The maximum absolute atomic E-state index is 12.8. The molecule has 0 spiro atoms. The first-order valence-corrected chi connectivity index (χ1v) is 10.8. The van der Waals surface area contributed by atoms with E-state index >= 15 is 0 Å². The Hall–Kier alpha value is -1.55. The van der Waals surface area contributed by atoms with Gasteiger partial charge in [0.05, 0.1) is 10.6 Å². The van der Waals surface area contributed by atoms with Crippen molar-refractivity contribution < 1.29 is 9.59 Å². The average Bonchev–Trinajstić information content (AvgIpc) is 2.95. The van der Waals surface area contributed by atoms with Gasteiger partial charge in [-0.15, -0.1) is 0 Å². The fourth-order valence-corrected chi connectivity index (χ4v) is 4.67. The van der Waals surface area contributed by atoms with Crippen LogP contribution >= 0.6 is 11.6 Å². The number of amides is 2. The molecule has 1 atom stereocenters. The van der Waals surface area contributed by atoms with Crippen molar-refractivity contribution in [2.24, 2.45) is 11.8 Å². The highest BCUT2D eigenvalue weighted by Crippen LogP contribution is 2.31. The molecule has 0 radical (unpaired) electrons. The normalized spacial score (nSPS) is 20.2. The molecule has 1 saturated heterocycles. The van der Waals surface area contributed by atoms with Crippen LogP contribution in [0.2, 0.25) is 5.02 Å². The van der Waals surface area contributed by atoms with Gasteiger partial charge in [0, 0.05) is 32.6 Å². The van der Waals surface area contributed by atoms with Crippen molar-refractivity contribution in [3.8, 4) is 0 Å². The molecule has 1 aliphatic carbocycles. The molecule has 0 aromatic heterocycles. The number of carbonyl (C=O) groups is 2. The van der Waals surface area contributed by atoms with E-state index in [1.54, 1.807) is 12.1 Å². The molecule has 2 amide bonds. The van der Waals surface area contributed by atoms with Crippen molar-refractivity contribution in [2.45, 2.75) is 51.9 Å². The van der Waals surface area contributed by atoms with Crippen LogP contribution in [0.4, 0.5) is 0 Å². The first-order valence-electron chi connectivity index (χ1n) is 10.4. The van der Waals surface area contributed by atoms with Crippen molar-refractivity contribution >= 4 is 23.4 Å². The lowest BCUT2D eigenvalue weighted by atomic mass is 9.79. The standard InChI is InChI=1S/C22H31ClN2O2/c1-17(18-8-3-2-4-9-18)16-21(26)24-12-7-13-25(15-14-24)22(27)19-10-5-6-11-20(19)23/h5-6,10-11,17-18H,2-4,7-9,12-16H2,1H3. The second kappa shape index (κ2) is 9.59. The zero-order valence-electron chi connectivity index (χ0n) is 16.3. The van der Waals surface area contributed by atoms with Crippen LogP contribution in [-0.2, 0) is 4.79 Å². The number of carbonyl (C=O) groups excluding carboxylic acids is 2. The Morgan fingerprint density at radius 2 is 1.67 bits per heavy atom. The quantitative estimate of drug-likeness (QED) is 0.752. The maximum Gasteiger partial charge on any atom is 0.255 e. The summed E-state index contributed by atoms with van der Waals surface area (Å²) in [5, 5.41) is 0.487. The molecule has 4 nitrogen and oxygen atoms in total. The zero-order valence-corrected chi connectivity index (χ0v) is 17.1. The molecule has 1 unspecified atom stereocenters. The second-order valence-electron chi connectivity index (χ2n) is 8.09. The van der Waals surface area contributed by atoms with Crippen LogP contribution in [0.25, 0.3) is 0 Å². The molecular weight excluding hydrogens is 360 g/mol. The minimum Gasteiger partial charge on any atom is -0.341 e. The maximum atomic E-state index is 12.8. The highest BCUT2D eigenvalue weighted by atomic mass is 35.5. The summed E-state index contributed by atoms with van der Waals surface area (Å²) in [6.45, 7) is 4.84. The SMILES string of the molecule is CC(CC(=O)N1CCCN(C(=O)c2ccccc2Cl)CC1)C1CCCCC1. The van der Waals surface area contributed by atoms with Gasteiger partial charge in [0.15, 0.2) is 0 Å². The third-order valence-corrected chi connectivity index (χ3v) is 6.52. The van der Waals surface area contributed by atoms with Crippen molar-refractivity contribution in [3.63, 3.8) is 0 Å². The van der Waals surface area contributed by atoms with Gasteiger partial charge < -0.3 is 9.80 Å². The van der Waals surface area contributed by atoms with Crippen molar-refractivity contribution in [3.05, 3.63) is 34.9 Å². The Bertz CT molecular complexity index is 657. The second-order valence-corrected chi connectivity index (χ2v) is 8.49. The van der Waals surface area contributed by atoms with E-state index in [0.717, 1.165) is 13.0 Å². The lowest BCUT2D eigenvalue weighted by molar-refractivity contribution is -0.132. The Balaban J connectivity index is 1.54. The van der Waals surface area contributed by atoms with Gasteiger partial charge in [0.2, 0.25) is 5.91 Å². The summed E-state index contributed by atoms with van der Waals surface area (Å²) in [4.78, 5) is 29.4. The minimum absolute atomic E-state index is 0.0366.